The summed E-state index contributed by atoms with van der Waals surface area (Å²) >= 11 is 0. The zero-order valence-electron chi connectivity index (χ0n) is 10.6. The third kappa shape index (κ3) is 1.57. The summed E-state index contributed by atoms with van der Waals surface area (Å²) in [4.78, 5) is 0. The molecule has 1 N–H and O–H groups in total. The van der Waals surface area contributed by atoms with Crippen LogP contribution in [0.5, 0.6) is 11.5 Å². The van der Waals surface area contributed by atoms with Gasteiger partial charge in [-0.15, -0.1) is 0 Å². The Morgan fingerprint density at radius 2 is 1.74 bits per heavy atom. The van der Waals surface area contributed by atoms with Crippen LogP contribution in [0, 0.1) is 6.92 Å². The molecule has 1 heterocycles. The molecule has 0 amide bonds. The number of hydrogen-bond donors (Lipinski definition) is 1. The van der Waals surface area contributed by atoms with Crippen molar-refractivity contribution in [1.82, 2.24) is 0 Å². The summed E-state index contributed by atoms with van der Waals surface area (Å²) in [6, 6.07) is 18.7. The Morgan fingerprint density at radius 3 is 2.68 bits per heavy atom. The van der Waals surface area contributed by atoms with Gasteiger partial charge in [0.15, 0.2) is 11.5 Å². The molecule has 2 nitrogen and oxygen atoms in total. The van der Waals surface area contributed by atoms with Crippen LogP contribution in [-0.4, -0.2) is 0 Å². The number of anilines is 2. The summed E-state index contributed by atoms with van der Waals surface area (Å²) in [5.41, 5.74) is 3.24. The lowest BCUT2D eigenvalue weighted by Crippen LogP contribution is -2.03. The number of ether oxygens (including phenoxy) is 1. The minimum Gasteiger partial charge on any atom is -0.452 e. The van der Waals surface area contributed by atoms with Crippen molar-refractivity contribution < 1.29 is 4.74 Å². The molecule has 3 aromatic rings. The van der Waals surface area contributed by atoms with Crippen LogP contribution in [0.2, 0.25) is 0 Å². The fourth-order valence-corrected chi connectivity index (χ4v) is 2.52. The van der Waals surface area contributed by atoms with E-state index in [9.17, 15) is 0 Å². The van der Waals surface area contributed by atoms with Crippen LogP contribution in [0.1, 0.15) is 5.56 Å². The minimum absolute atomic E-state index is 0.892. The van der Waals surface area contributed by atoms with Crippen LogP contribution in [-0.2, 0) is 0 Å². The van der Waals surface area contributed by atoms with Crippen LogP contribution in [0.25, 0.3) is 10.8 Å². The quantitative estimate of drug-likeness (QED) is 0.472. The Labute approximate surface area is 111 Å². The molecule has 0 saturated heterocycles. The molecule has 1 aliphatic heterocycles. The van der Waals surface area contributed by atoms with E-state index in [4.69, 9.17) is 4.74 Å². The van der Waals surface area contributed by atoms with Gasteiger partial charge in [-0.05, 0) is 36.1 Å². The first kappa shape index (κ1) is 10.4. The average molecular weight is 247 g/mol. The standard InChI is InChI=1S/C17H13NO/c1-11-6-8-14-16(10-11)19-17-13-5-3-2-4-12(13)7-9-15(17)18-14/h2-10,18H,1H3. The molecular weight excluding hydrogens is 234 g/mol. The van der Waals surface area contributed by atoms with E-state index in [2.05, 4.69) is 54.7 Å². The second-order valence-corrected chi connectivity index (χ2v) is 4.89. The summed E-state index contributed by atoms with van der Waals surface area (Å²) < 4.78 is 6.11. The first-order valence-electron chi connectivity index (χ1n) is 6.38. The van der Waals surface area contributed by atoms with Crippen LogP contribution >= 0.6 is 0 Å². The van der Waals surface area contributed by atoms with Crippen molar-refractivity contribution in [2.75, 3.05) is 5.32 Å². The SMILES string of the molecule is Cc1ccc2c(c1)Oc1c(ccc3ccccc13)N2. The van der Waals surface area contributed by atoms with Gasteiger partial charge >= 0.3 is 0 Å². The molecule has 3 aromatic carbocycles. The lowest BCUT2D eigenvalue weighted by molar-refractivity contribution is 0.486. The monoisotopic (exact) mass is 247 g/mol. The van der Waals surface area contributed by atoms with Crippen molar-refractivity contribution in [3.63, 3.8) is 0 Å². The van der Waals surface area contributed by atoms with Crippen LogP contribution < -0.4 is 10.1 Å². The van der Waals surface area contributed by atoms with E-state index >= 15 is 0 Å². The Morgan fingerprint density at radius 1 is 0.895 bits per heavy atom. The average Bonchev–Trinajstić information content (AvgIpc) is 2.45. The van der Waals surface area contributed by atoms with Gasteiger partial charge in [0, 0.05) is 5.39 Å². The first-order valence-corrected chi connectivity index (χ1v) is 6.38. The predicted molar refractivity (Wildman–Crippen MR) is 78.5 cm³/mol. The smallest absolute Gasteiger partial charge is 0.158 e. The van der Waals surface area contributed by atoms with E-state index in [1.807, 2.05) is 12.1 Å². The molecule has 1 aliphatic rings. The van der Waals surface area contributed by atoms with Crippen molar-refractivity contribution in [3.05, 3.63) is 60.2 Å². The zero-order chi connectivity index (χ0) is 12.8. The minimum atomic E-state index is 0.892. The van der Waals surface area contributed by atoms with Gasteiger partial charge in [-0.3, -0.25) is 0 Å². The maximum Gasteiger partial charge on any atom is 0.158 e. The predicted octanol–water partition coefficient (Wildman–Crippen LogP) is 5.00. The summed E-state index contributed by atoms with van der Waals surface area (Å²) in [7, 11) is 0. The van der Waals surface area contributed by atoms with Gasteiger partial charge in [-0.2, -0.15) is 0 Å². The number of nitrogens with one attached hydrogen (secondary N) is 1. The molecule has 0 fully saturated rings. The Bertz CT molecular complexity index is 792. The second kappa shape index (κ2) is 3.75. The molecule has 0 radical (unpaired) electrons. The van der Waals surface area contributed by atoms with Gasteiger partial charge in [0.2, 0.25) is 0 Å². The van der Waals surface area contributed by atoms with Crippen LogP contribution in [0.15, 0.2) is 54.6 Å². The number of benzene rings is 3. The van der Waals surface area contributed by atoms with Crippen molar-refractivity contribution in [3.8, 4) is 11.5 Å². The molecule has 0 bridgehead atoms. The lowest BCUT2D eigenvalue weighted by atomic mass is 10.1. The van der Waals surface area contributed by atoms with E-state index in [0.29, 0.717) is 0 Å². The molecule has 92 valence electrons. The van der Waals surface area contributed by atoms with Gasteiger partial charge < -0.3 is 10.1 Å². The molecule has 0 unspecified atom stereocenters. The van der Waals surface area contributed by atoms with Gasteiger partial charge in [0.05, 0.1) is 11.4 Å². The van der Waals surface area contributed by atoms with E-state index in [1.54, 1.807) is 0 Å². The van der Waals surface area contributed by atoms with Crippen molar-refractivity contribution in [2.45, 2.75) is 6.92 Å². The highest BCUT2D eigenvalue weighted by molar-refractivity contribution is 5.96. The zero-order valence-corrected chi connectivity index (χ0v) is 10.6. The highest BCUT2D eigenvalue weighted by Gasteiger charge is 2.18. The van der Waals surface area contributed by atoms with Gasteiger partial charge in [0.25, 0.3) is 0 Å². The van der Waals surface area contributed by atoms with E-state index in [-0.39, 0.29) is 0 Å². The summed E-state index contributed by atoms with van der Waals surface area (Å²) in [5, 5.41) is 5.77. The molecule has 0 aromatic heterocycles. The van der Waals surface area contributed by atoms with Crippen LogP contribution in [0.3, 0.4) is 0 Å². The van der Waals surface area contributed by atoms with Crippen molar-refractivity contribution in [1.29, 1.82) is 0 Å². The molecule has 2 heteroatoms. The maximum absolute atomic E-state index is 6.11. The third-order valence-electron chi connectivity index (χ3n) is 3.50. The molecule has 0 spiro atoms. The van der Waals surface area contributed by atoms with Gasteiger partial charge in [-0.1, -0.05) is 36.4 Å². The van der Waals surface area contributed by atoms with E-state index in [0.717, 1.165) is 28.3 Å². The fourth-order valence-electron chi connectivity index (χ4n) is 2.52. The number of aryl methyl sites for hydroxylation is 1. The molecule has 19 heavy (non-hydrogen) atoms. The molecule has 0 aliphatic carbocycles. The Hall–Kier alpha value is -2.48. The fraction of sp³-hybridized carbons (Fsp3) is 0.0588. The lowest BCUT2D eigenvalue weighted by Gasteiger charge is -2.23. The van der Waals surface area contributed by atoms with E-state index in [1.165, 1.54) is 10.9 Å². The third-order valence-corrected chi connectivity index (χ3v) is 3.50. The largest absolute Gasteiger partial charge is 0.452 e. The summed E-state index contributed by atoms with van der Waals surface area (Å²) in [6.45, 7) is 2.07. The van der Waals surface area contributed by atoms with Crippen molar-refractivity contribution in [2.24, 2.45) is 0 Å². The maximum atomic E-state index is 6.11. The topological polar surface area (TPSA) is 21.3 Å². The number of rotatable bonds is 0. The van der Waals surface area contributed by atoms with Crippen LogP contribution in [0.4, 0.5) is 11.4 Å². The first-order chi connectivity index (χ1) is 9.31. The highest BCUT2D eigenvalue weighted by atomic mass is 16.5. The number of fused-ring (bicyclic) bond motifs is 4. The summed E-state index contributed by atoms with van der Waals surface area (Å²) in [6.07, 6.45) is 0. The molecular formula is C17H13NO. The number of hydrogen-bond acceptors (Lipinski definition) is 2. The van der Waals surface area contributed by atoms with E-state index < -0.39 is 0 Å². The second-order valence-electron chi connectivity index (χ2n) is 4.89. The molecule has 4 rings (SSSR count). The summed E-state index contributed by atoms with van der Waals surface area (Å²) in [5.74, 6) is 1.81. The normalized spacial score (nSPS) is 12.3. The Kier molecular flexibility index (Phi) is 2.06. The molecule has 0 saturated carbocycles. The molecule has 0 atom stereocenters. The van der Waals surface area contributed by atoms with Gasteiger partial charge in [-0.25, -0.2) is 0 Å². The Balaban J connectivity index is 1.95. The van der Waals surface area contributed by atoms with Gasteiger partial charge in [0.1, 0.15) is 0 Å². The van der Waals surface area contributed by atoms with Crippen molar-refractivity contribution >= 4 is 22.1 Å². The highest BCUT2D eigenvalue weighted by Crippen LogP contribution is 2.45.